The summed E-state index contributed by atoms with van der Waals surface area (Å²) in [5, 5.41) is 26.5. The van der Waals surface area contributed by atoms with Gasteiger partial charge in [0, 0.05) is 105 Å². The number of ether oxygens (including phenoxy) is 13. The molecule has 0 radical (unpaired) electrons. The van der Waals surface area contributed by atoms with Crippen LogP contribution in [0, 0.1) is 17.8 Å². The third-order valence-corrected chi connectivity index (χ3v) is 23.4. The highest BCUT2D eigenvalue weighted by Crippen LogP contribution is 2.42. The molecule has 3 saturated carbocycles. The number of aromatic hydroxyl groups is 1. The third-order valence-electron chi connectivity index (χ3n) is 22.9. The minimum atomic E-state index is -0.964. The van der Waals surface area contributed by atoms with Crippen molar-refractivity contribution >= 4 is 114 Å². The molecule has 0 spiro atoms. The lowest BCUT2D eigenvalue weighted by atomic mass is 10.1. The maximum Gasteiger partial charge on any atom is 0.408 e. The van der Waals surface area contributed by atoms with E-state index in [2.05, 4.69) is 78.2 Å². The smallest absolute Gasteiger partial charge is 0.408 e. The van der Waals surface area contributed by atoms with Crippen LogP contribution in [0.25, 0.3) is 32.7 Å². The van der Waals surface area contributed by atoms with Crippen LogP contribution in [-0.2, 0) is 38.1 Å². The highest BCUT2D eigenvalue weighted by molar-refractivity contribution is 9.09. The Bertz CT molecular complexity index is 6220. The molecule has 12 aromatic rings. The second-order valence-electron chi connectivity index (χ2n) is 36.5. The van der Waals surface area contributed by atoms with Crippen molar-refractivity contribution in [3.63, 3.8) is 0 Å². The van der Waals surface area contributed by atoms with E-state index in [0.29, 0.717) is 160 Å². The number of phenolic OH excluding ortho intramolecular Hbond substituents is 1. The summed E-state index contributed by atoms with van der Waals surface area (Å²) in [6.07, 6.45) is 12.6. The number of carbonyl (C=O) groups excluding carboxylic acids is 8. The van der Waals surface area contributed by atoms with Gasteiger partial charge in [-0.1, -0.05) is 121 Å². The number of aromatic nitrogens is 3. The van der Waals surface area contributed by atoms with E-state index < -0.39 is 53.5 Å². The molecule has 8 N–H and O–H groups in total. The summed E-state index contributed by atoms with van der Waals surface area (Å²) in [5.74, 6) is 5.44. The Balaban J connectivity index is 0.000000244. The van der Waals surface area contributed by atoms with E-state index in [0.717, 1.165) is 63.2 Å². The van der Waals surface area contributed by atoms with E-state index in [1.165, 1.54) is 20.3 Å². The van der Waals surface area contributed by atoms with E-state index in [-0.39, 0.29) is 97.1 Å². The first-order valence-corrected chi connectivity index (χ1v) is 48.0. The molecule has 9 atom stereocenters. The topological polar surface area (TPSA) is 402 Å². The van der Waals surface area contributed by atoms with Crippen molar-refractivity contribution in [1.82, 2.24) is 25.6 Å². The molecule has 31 nitrogen and oxygen atoms in total. The summed E-state index contributed by atoms with van der Waals surface area (Å²) in [6, 6.07) is 61.4. The number of anilines is 3. The van der Waals surface area contributed by atoms with Gasteiger partial charge in [-0.2, -0.15) is 0 Å². The van der Waals surface area contributed by atoms with Gasteiger partial charge in [-0.25, -0.2) is 19.2 Å². The molecular weight excluding hydrogens is 1920 g/mol. The number of hydrogen-bond acceptors (Lipinski definition) is 26. The first kappa shape index (κ1) is 115. The molecular formula is C113H138BrN9O22. The van der Waals surface area contributed by atoms with Crippen molar-refractivity contribution in [2.24, 2.45) is 23.5 Å². The lowest BCUT2D eigenvalue weighted by Crippen LogP contribution is -2.45. The SMILES string of the molecule is C.C.C.C.CC1CCC(OC(=O)[C@H](CCBr)NC(=O)OC(C)(C)C)C1.COc1cc2c(Oc3ccc(NC(=O)c4ccccc4)cc3)ccnc2cc1O.COc1cc2c(Oc3ccc(NC(=O)c4ccccc4)cc3)ccnc2cc1OCC[C@H](N)C(=O)OC1CCC(C)C1.COc1cc2c(Oc3ccc(NC(=O)c4ccccc4)cc3)ccnc2cc1OCC[C@H](NC(=O)OC(C)(C)C)C(=O)OC1CCC(C)C1. The van der Waals surface area contributed by atoms with Gasteiger partial charge in [-0.15, -0.1) is 0 Å². The first-order valence-electron chi connectivity index (χ1n) is 46.9. The minimum Gasteiger partial charge on any atom is -0.504 e. The summed E-state index contributed by atoms with van der Waals surface area (Å²) in [5.41, 5.74) is 10.3. The number of nitrogens with two attached hydrogens (primary N) is 1. The average molecular weight is 2050 g/mol. The van der Waals surface area contributed by atoms with Gasteiger partial charge >= 0.3 is 30.1 Å². The van der Waals surface area contributed by atoms with Crippen molar-refractivity contribution in [1.29, 1.82) is 0 Å². The summed E-state index contributed by atoms with van der Waals surface area (Å²) < 4.78 is 74.2. The Morgan fingerprint density at radius 2 is 0.697 bits per heavy atom. The fraction of sp³-hybridized carbons (Fsp3) is 0.372. The zero-order valence-electron chi connectivity index (χ0n) is 81.1. The number of alkyl halides is 1. The molecule has 0 aliphatic heterocycles. The molecule has 3 aliphatic rings. The van der Waals surface area contributed by atoms with Crippen LogP contribution in [0.4, 0.5) is 26.7 Å². The van der Waals surface area contributed by atoms with Gasteiger partial charge in [0.1, 0.15) is 82.1 Å². The van der Waals surface area contributed by atoms with Crippen LogP contribution in [0.1, 0.15) is 200 Å². The fourth-order valence-corrected chi connectivity index (χ4v) is 16.1. The van der Waals surface area contributed by atoms with Crippen LogP contribution in [0.2, 0.25) is 0 Å². The molecule has 3 fully saturated rings. The maximum absolute atomic E-state index is 13.1. The first-order chi connectivity index (χ1) is 67.7. The van der Waals surface area contributed by atoms with Crippen molar-refractivity contribution in [2.45, 2.75) is 217 Å². The van der Waals surface area contributed by atoms with Crippen LogP contribution in [0.3, 0.4) is 0 Å². The average Bonchev–Trinajstić information content (AvgIpc) is 1.79. The van der Waals surface area contributed by atoms with Gasteiger partial charge in [0.2, 0.25) is 0 Å². The van der Waals surface area contributed by atoms with Gasteiger partial charge in [0.15, 0.2) is 34.5 Å². The number of amides is 5. The molecule has 15 rings (SSSR count). The number of phenols is 1. The number of benzene rings is 9. The number of nitrogens with zero attached hydrogens (tertiary/aromatic N) is 3. The molecule has 3 heterocycles. The number of alkyl carbamates (subject to hydrolysis) is 2. The number of hydrogen-bond donors (Lipinski definition) is 7. The lowest BCUT2D eigenvalue weighted by molar-refractivity contribution is -0.152. The Hall–Kier alpha value is -14.8. The monoisotopic (exact) mass is 2050 g/mol. The molecule has 32 heteroatoms. The van der Waals surface area contributed by atoms with Crippen LogP contribution in [-0.4, -0.2) is 155 Å². The molecule has 3 aliphatic carbocycles. The standard InChI is InChI=1S/C38H43N3O8.C33H35N3O6.C23H18N2O4.C15H26BrNO4.4CH4/c1-24-11-14-28(21-24)48-36(43)30(41-37(44)49-38(2,3)4)18-20-46-34-23-31-29(22-33(34)45-5)32(17-19-39-31)47-27-15-12-26(13-16-27)40-35(42)25-9-7-6-8-10-25;1-21-8-11-25(18-21)42-33(38)27(34)15-17-40-31-20-28-26(19-30(31)39-2)29(14-16-35-28)41-24-12-9-23(10-13-24)36-32(37)22-6-4-3-5-7-22;1-28-22-13-18-19(14-20(22)26)24-12-11-21(18)29-17-9-7-16(8-10-17)25-23(27)15-5-3-2-4-6-15;1-10-5-6-11(9-10)20-13(18)12(7-8-16)17-14(19)21-15(2,3)4;;;;/h6-10,12-13,15-17,19,22-24,28,30H,11,14,18,20-21H2,1-5H3,(H,40,42)(H,41,44);3-7,9-10,12-14,16,19-21,25,27H,8,11,15,17-18,34H2,1-2H3,(H,36,37);2-14,26H,1H3,(H,25,27);10-12H,5-9H2,1-4H3,(H,17,19);4*1H4/t24?,28?,30-;21?,25?,27-;;10?,11?,12-;;;;/m00.0..../s1. The second kappa shape index (κ2) is 55.7. The third kappa shape index (κ3) is 35.3. The molecule has 774 valence electrons. The largest absolute Gasteiger partial charge is 0.504 e. The van der Waals surface area contributed by atoms with E-state index in [4.69, 9.17) is 67.3 Å². The maximum atomic E-state index is 13.1. The van der Waals surface area contributed by atoms with Crippen LogP contribution < -0.4 is 70.2 Å². The predicted octanol–water partition coefficient (Wildman–Crippen LogP) is 24.7. The van der Waals surface area contributed by atoms with E-state index in [9.17, 15) is 43.5 Å². The van der Waals surface area contributed by atoms with Gasteiger partial charge < -0.3 is 99.0 Å². The Labute approximate surface area is 857 Å². The summed E-state index contributed by atoms with van der Waals surface area (Å²) in [7, 11) is 4.57. The number of nitrogens with one attached hydrogen (secondary N) is 5. The Kier molecular flexibility index (Phi) is 44.4. The van der Waals surface area contributed by atoms with Gasteiger partial charge in [0.05, 0.1) is 51.1 Å². The molecule has 6 unspecified atom stereocenters. The fourth-order valence-electron chi connectivity index (χ4n) is 15.7. The summed E-state index contributed by atoms with van der Waals surface area (Å²) in [6.45, 7) is 17.3. The Morgan fingerprint density at radius 1 is 0.386 bits per heavy atom. The predicted molar refractivity (Wildman–Crippen MR) is 568 cm³/mol. The number of methoxy groups -OCH3 is 3. The van der Waals surface area contributed by atoms with E-state index in [1.807, 2.05) is 54.6 Å². The van der Waals surface area contributed by atoms with Crippen LogP contribution in [0.15, 0.2) is 237 Å². The second-order valence-corrected chi connectivity index (χ2v) is 37.3. The van der Waals surface area contributed by atoms with Gasteiger partial charge in [-0.3, -0.25) is 34.1 Å². The van der Waals surface area contributed by atoms with Crippen molar-refractivity contribution < 1.29 is 105 Å². The molecule has 0 saturated heterocycles. The lowest BCUT2D eigenvalue weighted by Gasteiger charge is -2.24. The number of rotatable bonds is 33. The van der Waals surface area contributed by atoms with E-state index >= 15 is 0 Å². The minimum absolute atomic E-state index is 0. The van der Waals surface area contributed by atoms with Crippen molar-refractivity contribution in [3.8, 4) is 69.0 Å². The van der Waals surface area contributed by atoms with Gasteiger partial charge in [-0.05, 0) is 269 Å². The highest BCUT2D eigenvalue weighted by Gasteiger charge is 2.34. The highest BCUT2D eigenvalue weighted by atomic mass is 79.9. The summed E-state index contributed by atoms with van der Waals surface area (Å²) in [4.78, 5) is 112. The quantitative estimate of drug-likeness (QED) is 0.0114. The zero-order valence-corrected chi connectivity index (χ0v) is 82.7. The van der Waals surface area contributed by atoms with Crippen molar-refractivity contribution in [3.05, 3.63) is 254 Å². The van der Waals surface area contributed by atoms with Crippen molar-refractivity contribution in [2.75, 3.05) is 55.8 Å². The Morgan fingerprint density at radius 3 is 1.01 bits per heavy atom. The molecule has 9 aromatic carbocycles. The number of halogens is 1. The number of esters is 3. The molecule has 3 aromatic heterocycles. The molecule has 0 bridgehead atoms. The molecule has 145 heavy (non-hydrogen) atoms. The normalized spacial score (nSPS) is 15.9. The van der Waals surface area contributed by atoms with E-state index in [1.54, 1.807) is 225 Å². The molecule has 5 amide bonds. The zero-order chi connectivity index (χ0) is 101. The van der Waals surface area contributed by atoms with Gasteiger partial charge in [0.25, 0.3) is 17.7 Å². The van der Waals surface area contributed by atoms with Crippen LogP contribution in [0.5, 0.6) is 69.0 Å². The number of fused-ring (bicyclic) bond motifs is 3. The van der Waals surface area contributed by atoms with Crippen LogP contribution >= 0.6 is 15.9 Å². The number of carbonyl (C=O) groups is 8. The summed E-state index contributed by atoms with van der Waals surface area (Å²) >= 11 is 3.29. The number of pyridine rings is 3.